The van der Waals surface area contributed by atoms with Gasteiger partial charge in [0.25, 0.3) is 0 Å². The molecule has 0 radical (unpaired) electrons. The van der Waals surface area contributed by atoms with E-state index < -0.39 is 9.84 Å². The van der Waals surface area contributed by atoms with Crippen molar-refractivity contribution in [2.75, 3.05) is 12.3 Å². The largest absolute Gasteiger partial charge is 0.468 e. The van der Waals surface area contributed by atoms with Gasteiger partial charge in [-0.05, 0) is 31.9 Å². The molecule has 104 valence electrons. The molecule has 4 nitrogen and oxygen atoms in total. The van der Waals surface area contributed by atoms with E-state index in [4.69, 9.17) is 4.42 Å². The minimum absolute atomic E-state index is 0.0320. The Morgan fingerprint density at radius 1 is 1.28 bits per heavy atom. The summed E-state index contributed by atoms with van der Waals surface area (Å²) in [7, 11) is -3.02. The summed E-state index contributed by atoms with van der Waals surface area (Å²) in [5.41, 5.74) is 0. The molecule has 0 saturated carbocycles. The van der Waals surface area contributed by atoms with Crippen LogP contribution in [0.2, 0.25) is 0 Å². The molecule has 1 N–H and O–H groups in total. The summed E-state index contributed by atoms with van der Waals surface area (Å²) >= 11 is 0. The Morgan fingerprint density at radius 2 is 1.94 bits per heavy atom. The molecule has 0 bridgehead atoms. The Balaban J connectivity index is 2.42. The van der Waals surface area contributed by atoms with Crippen molar-refractivity contribution in [2.24, 2.45) is 5.92 Å². The van der Waals surface area contributed by atoms with Crippen LogP contribution in [-0.4, -0.2) is 26.0 Å². The van der Waals surface area contributed by atoms with E-state index in [1.54, 1.807) is 13.2 Å². The first-order valence-electron chi connectivity index (χ1n) is 6.33. The molecule has 0 saturated heterocycles. The van der Waals surface area contributed by atoms with Crippen LogP contribution in [0.25, 0.3) is 0 Å². The lowest BCUT2D eigenvalue weighted by atomic mass is 10.2. The topological polar surface area (TPSA) is 59.3 Å². The molecule has 2 atom stereocenters. The van der Waals surface area contributed by atoms with Crippen molar-refractivity contribution in [1.82, 2.24) is 5.32 Å². The fraction of sp³-hybridized carbons (Fsp3) is 0.692. The maximum Gasteiger partial charge on any atom is 0.154 e. The van der Waals surface area contributed by atoms with Crippen LogP contribution in [0.3, 0.4) is 0 Å². The van der Waals surface area contributed by atoms with Crippen LogP contribution in [0.15, 0.2) is 22.8 Å². The zero-order chi connectivity index (χ0) is 13.8. The summed E-state index contributed by atoms with van der Waals surface area (Å²) in [6.07, 6.45) is 1.62. The van der Waals surface area contributed by atoms with E-state index in [2.05, 4.69) is 5.32 Å². The third-order valence-electron chi connectivity index (χ3n) is 3.31. The zero-order valence-electron chi connectivity index (χ0n) is 11.5. The van der Waals surface area contributed by atoms with E-state index in [0.29, 0.717) is 6.54 Å². The van der Waals surface area contributed by atoms with E-state index in [1.807, 2.05) is 32.9 Å². The molecule has 0 spiro atoms. The van der Waals surface area contributed by atoms with E-state index in [1.165, 1.54) is 0 Å². The molecule has 0 amide bonds. The predicted octanol–water partition coefficient (Wildman–Crippen LogP) is 2.39. The molecule has 18 heavy (non-hydrogen) atoms. The van der Waals surface area contributed by atoms with Gasteiger partial charge in [-0.2, -0.15) is 0 Å². The molecule has 0 aliphatic heterocycles. The summed E-state index contributed by atoms with van der Waals surface area (Å²) in [6, 6.07) is 3.73. The van der Waals surface area contributed by atoms with Crippen molar-refractivity contribution < 1.29 is 12.8 Å². The second kappa shape index (κ2) is 6.38. The SMILES string of the molecule is CC(NCCS(=O)(=O)C(C)C(C)C)c1ccco1. The highest BCUT2D eigenvalue weighted by atomic mass is 32.2. The monoisotopic (exact) mass is 273 g/mol. The Kier molecular flexibility index (Phi) is 5.41. The normalized spacial score (nSPS) is 15.8. The molecule has 0 aliphatic carbocycles. The Bertz CT molecular complexity index is 437. The number of nitrogens with one attached hydrogen (secondary N) is 1. The molecule has 0 fully saturated rings. The average Bonchev–Trinajstić information content (AvgIpc) is 2.80. The van der Waals surface area contributed by atoms with Gasteiger partial charge < -0.3 is 9.73 Å². The number of sulfone groups is 1. The highest BCUT2D eigenvalue weighted by Crippen LogP contribution is 2.14. The number of rotatable bonds is 7. The van der Waals surface area contributed by atoms with Crippen LogP contribution in [0.5, 0.6) is 0 Å². The Hall–Kier alpha value is -0.810. The fourth-order valence-electron chi connectivity index (χ4n) is 1.66. The molecule has 1 aromatic rings. The van der Waals surface area contributed by atoms with E-state index in [0.717, 1.165) is 5.76 Å². The van der Waals surface area contributed by atoms with Gasteiger partial charge in [0.05, 0.1) is 23.3 Å². The van der Waals surface area contributed by atoms with Gasteiger partial charge in [-0.25, -0.2) is 8.42 Å². The van der Waals surface area contributed by atoms with Crippen molar-refractivity contribution >= 4 is 9.84 Å². The van der Waals surface area contributed by atoms with Gasteiger partial charge in [-0.3, -0.25) is 0 Å². The van der Waals surface area contributed by atoms with Gasteiger partial charge in [0.15, 0.2) is 9.84 Å². The van der Waals surface area contributed by atoms with E-state index >= 15 is 0 Å². The fourth-order valence-corrected chi connectivity index (χ4v) is 3.26. The van der Waals surface area contributed by atoms with Gasteiger partial charge in [0, 0.05) is 6.54 Å². The molecular formula is C13H23NO3S. The third kappa shape index (κ3) is 4.14. The molecule has 5 heteroatoms. The van der Waals surface area contributed by atoms with Crippen molar-refractivity contribution in [1.29, 1.82) is 0 Å². The van der Waals surface area contributed by atoms with Crippen molar-refractivity contribution in [2.45, 2.75) is 39.0 Å². The first-order valence-corrected chi connectivity index (χ1v) is 8.04. The summed E-state index contributed by atoms with van der Waals surface area (Å²) in [4.78, 5) is 0. The molecule has 0 aliphatic rings. The van der Waals surface area contributed by atoms with Crippen molar-refractivity contribution in [3.63, 3.8) is 0 Å². The van der Waals surface area contributed by atoms with E-state index in [9.17, 15) is 8.42 Å². The standard InChI is InChI=1S/C13H23NO3S/c1-10(2)12(4)18(15,16)9-7-14-11(3)13-6-5-8-17-13/h5-6,8,10-12,14H,7,9H2,1-4H3. The minimum atomic E-state index is -3.02. The molecule has 1 aromatic heterocycles. The molecule has 1 heterocycles. The summed E-state index contributed by atoms with van der Waals surface area (Å²) in [5, 5.41) is 2.87. The lowest BCUT2D eigenvalue weighted by molar-refractivity contribution is 0.436. The predicted molar refractivity (Wildman–Crippen MR) is 73.2 cm³/mol. The summed E-state index contributed by atoms with van der Waals surface area (Å²) in [6.45, 7) is 8.04. The van der Waals surface area contributed by atoms with Gasteiger partial charge in [-0.1, -0.05) is 13.8 Å². The third-order valence-corrected chi connectivity index (χ3v) is 5.76. The highest BCUT2D eigenvalue weighted by Gasteiger charge is 2.23. The van der Waals surface area contributed by atoms with Gasteiger partial charge >= 0.3 is 0 Å². The molecule has 2 unspecified atom stereocenters. The lowest BCUT2D eigenvalue weighted by Crippen LogP contribution is -2.32. The van der Waals surface area contributed by atoms with Crippen LogP contribution in [0.4, 0.5) is 0 Å². The van der Waals surface area contributed by atoms with Crippen LogP contribution in [-0.2, 0) is 9.84 Å². The van der Waals surface area contributed by atoms with Crippen LogP contribution in [0.1, 0.15) is 39.5 Å². The lowest BCUT2D eigenvalue weighted by Gasteiger charge is -2.17. The van der Waals surface area contributed by atoms with Crippen molar-refractivity contribution in [3.8, 4) is 0 Å². The zero-order valence-corrected chi connectivity index (χ0v) is 12.3. The maximum atomic E-state index is 12.0. The summed E-state index contributed by atoms with van der Waals surface area (Å²) in [5.74, 6) is 1.14. The van der Waals surface area contributed by atoms with Gasteiger partial charge in [-0.15, -0.1) is 0 Å². The first-order chi connectivity index (χ1) is 8.34. The van der Waals surface area contributed by atoms with Crippen LogP contribution < -0.4 is 5.32 Å². The summed E-state index contributed by atoms with van der Waals surface area (Å²) < 4.78 is 29.2. The molecule has 0 aromatic carbocycles. The van der Waals surface area contributed by atoms with E-state index in [-0.39, 0.29) is 23.0 Å². The smallest absolute Gasteiger partial charge is 0.154 e. The second-order valence-corrected chi connectivity index (χ2v) is 7.48. The molecule has 1 rings (SSSR count). The number of hydrogen-bond donors (Lipinski definition) is 1. The Labute approximate surface area is 110 Å². The number of hydrogen-bond acceptors (Lipinski definition) is 4. The quantitative estimate of drug-likeness (QED) is 0.828. The second-order valence-electron chi connectivity index (χ2n) is 5.01. The van der Waals surface area contributed by atoms with Crippen LogP contribution >= 0.6 is 0 Å². The average molecular weight is 273 g/mol. The molecular weight excluding hydrogens is 250 g/mol. The Morgan fingerprint density at radius 3 is 2.44 bits per heavy atom. The maximum absolute atomic E-state index is 12.0. The van der Waals surface area contributed by atoms with Gasteiger partial charge in [0.1, 0.15) is 5.76 Å². The number of furan rings is 1. The minimum Gasteiger partial charge on any atom is -0.468 e. The first kappa shape index (κ1) is 15.2. The highest BCUT2D eigenvalue weighted by molar-refractivity contribution is 7.92. The van der Waals surface area contributed by atoms with Gasteiger partial charge in [0.2, 0.25) is 0 Å². The van der Waals surface area contributed by atoms with Crippen molar-refractivity contribution in [3.05, 3.63) is 24.2 Å². The van der Waals surface area contributed by atoms with Crippen LogP contribution in [0, 0.1) is 5.92 Å².